The van der Waals surface area contributed by atoms with Crippen molar-refractivity contribution < 1.29 is 4.74 Å². The van der Waals surface area contributed by atoms with Crippen molar-refractivity contribution in [3.8, 4) is 5.75 Å². The molecule has 0 spiro atoms. The predicted molar refractivity (Wildman–Crippen MR) is 123 cm³/mol. The van der Waals surface area contributed by atoms with Crippen LogP contribution in [-0.4, -0.2) is 62.3 Å². The van der Waals surface area contributed by atoms with E-state index in [1.54, 1.807) is 23.0 Å². The van der Waals surface area contributed by atoms with Crippen molar-refractivity contribution in [2.75, 3.05) is 37.4 Å². The first kappa shape index (κ1) is 20.0. The van der Waals surface area contributed by atoms with Gasteiger partial charge in [-0.1, -0.05) is 6.07 Å². The molecule has 1 atom stereocenters. The number of thiazole rings is 1. The number of piperazine rings is 1. The molecule has 10 heteroatoms. The van der Waals surface area contributed by atoms with E-state index in [4.69, 9.17) is 15.5 Å². The van der Waals surface area contributed by atoms with Gasteiger partial charge in [-0.05, 0) is 32.9 Å². The number of benzene rings is 1. The van der Waals surface area contributed by atoms with Crippen LogP contribution in [-0.2, 0) is 6.54 Å². The van der Waals surface area contributed by atoms with Crippen molar-refractivity contribution in [1.29, 1.82) is 0 Å². The Bertz CT molecular complexity index is 1270. The molecule has 0 bridgehead atoms. The van der Waals surface area contributed by atoms with Crippen molar-refractivity contribution in [2.45, 2.75) is 33.4 Å². The number of para-hydroxylation sites is 1. The minimum Gasteiger partial charge on any atom is -0.494 e. The molecule has 4 aromatic rings. The third kappa shape index (κ3) is 3.45. The Morgan fingerprint density at radius 2 is 2.03 bits per heavy atom. The standard InChI is InChI=1S/C21H26N8OS/c1-12-10-28(20-13(2)23-14(3)31-20)9-8-27(12)11-17-24-19-15-6-5-7-16(30-4)18(15)25-21(22)29(19)26-17/h5-7,12H,8-11H2,1-4H3,(H2,22,25)/t12-/m1/s1. The minimum absolute atomic E-state index is 0.305. The summed E-state index contributed by atoms with van der Waals surface area (Å²) in [5, 5.41) is 7.93. The first-order valence-corrected chi connectivity index (χ1v) is 11.2. The van der Waals surface area contributed by atoms with Crippen LogP contribution in [0.1, 0.15) is 23.4 Å². The number of nitrogens with two attached hydrogens (primary N) is 1. The van der Waals surface area contributed by atoms with Crippen molar-refractivity contribution in [3.63, 3.8) is 0 Å². The summed E-state index contributed by atoms with van der Waals surface area (Å²) in [6.45, 7) is 9.94. The van der Waals surface area contributed by atoms with Gasteiger partial charge in [0.2, 0.25) is 5.95 Å². The molecule has 9 nitrogen and oxygen atoms in total. The van der Waals surface area contributed by atoms with Crippen LogP contribution in [0.15, 0.2) is 18.2 Å². The van der Waals surface area contributed by atoms with E-state index in [0.717, 1.165) is 41.5 Å². The Morgan fingerprint density at radius 1 is 1.19 bits per heavy atom. The van der Waals surface area contributed by atoms with E-state index >= 15 is 0 Å². The van der Waals surface area contributed by atoms with Gasteiger partial charge in [0.1, 0.15) is 16.3 Å². The quantitative estimate of drug-likeness (QED) is 0.519. The molecule has 5 rings (SSSR count). The summed E-state index contributed by atoms with van der Waals surface area (Å²) < 4.78 is 7.06. The molecule has 1 aliphatic rings. The van der Waals surface area contributed by atoms with Crippen molar-refractivity contribution in [2.24, 2.45) is 0 Å². The van der Waals surface area contributed by atoms with Crippen LogP contribution in [0.4, 0.5) is 10.9 Å². The van der Waals surface area contributed by atoms with Crippen LogP contribution in [0.2, 0.25) is 0 Å². The average Bonchev–Trinajstić information content (AvgIpc) is 3.32. The smallest absolute Gasteiger partial charge is 0.223 e. The highest BCUT2D eigenvalue weighted by atomic mass is 32.1. The van der Waals surface area contributed by atoms with E-state index in [1.165, 1.54) is 5.00 Å². The van der Waals surface area contributed by atoms with E-state index in [9.17, 15) is 0 Å². The van der Waals surface area contributed by atoms with Gasteiger partial charge in [-0.2, -0.15) is 4.52 Å². The number of rotatable bonds is 4. The number of hydrogen-bond donors (Lipinski definition) is 1. The number of aromatic nitrogens is 5. The number of anilines is 2. The molecule has 4 heterocycles. The van der Waals surface area contributed by atoms with Crippen molar-refractivity contribution in [3.05, 3.63) is 34.7 Å². The summed E-state index contributed by atoms with van der Waals surface area (Å²) in [5.41, 5.74) is 8.71. The van der Waals surface area contributed by atoms with E-state index in [-0.39, 0.29) is 0 Å². The molecular formula is C21H26N8OS. The average molecular weight is 439 g/mol. The van der Waals surface area contributed by atoms with E-state index < -0.39 is 0 Å². The zero-order valence-corrected chi connectivity index (χ0v) is 19.0. The first-order valence-electron chi connectivity index (χ1n) is 10.4. The first-order chi connectivity index (χ1) is 14.9. The molecule has 1 aliphatic heterocycles. The largest absolute Gasteiger partial charge is 0.494 e. The molecule has 1 fully saturated rings. The lowest BCUT2D eigenvalue weighted by Gasteiger charge is -2.40. The minimum atomic E-state index is 0.305. The van der Waals surface area contributed by atoms with Gasteiger partial charge in [0.05, 0.1) is 24.4 Å². The summed E-state index contributed by atoms with van der Waals surface area (Å²) in [6.07, 6.45) is 0. The summed E-state index contributed by atoms with van der Waals surface area (Å²) in [6, 6.07) is 6.14. The van der Waals surface area contributed by atoms with Gasteiger partial charge >= 0.3 is 0 Å². The summed E-state index contributed by atoms with van der Waals surface area (Å²) in [4.78, 5) is 18.7. The Balaban J connectivity index is 1.40. The van der Waals surface area contributed by atoms with Crippen LogP contribution < -0.4 is 15.4 Å². The van der Waals surface area contributed by atoms with Crippen LogP contribution in [0, 0.1) is 13.8 Å². The van der Waals surface area contributed by atoms with E-state index in [2.05, 4.69) is 45.6 Å². The summed E-state index contributed by atoms with van der Waals surface area (Å²) >= 11 is 1.77. The predicted octanol–water partition coefficient (Wildman–Crippen LogP) is 2.65. The second-order valence-electron chi connectivity index (χ2n) is 7.98. The van der Waals surface area contributed by atoms with Crippen LogP contribution in [0.5, 0.6) is 5.75 Å². The maximum Gasteiger partial charge on any atom is 0.223 e. The number of aryl methyl sites for hydroxylation is 2. The Hall–Kier alpha value is -2.98. The lowest BCUT2D eigenvalue weighted by Crippen LogP contribution is -2.51. The molecular weight excluding hydrogens is 412 g/mol. The van der Waals surface area contributed by atoms with Gasteiger partial charge < -0.3 is 15.4 Å². The third-order valence-corrected chi connectivity index (χ3v) is 6.96. The van der Waals surface area contributed by atoms with E-state index in [0.29, 0.717) is 35.4 Å². The molecule has 0 amide bonds. The topological polar surface area (TPSA) is 97.7 Å². The normalized spacial score (nSPS) is 17.7. The molecule has 31 heavy (non-hydrogen) atoms. The highest BCUT2D eigenvalue weighted by Crippen LogP contribution is 2.30. The van der Waals surface area contributed by atoms with E-state index in [1.807, 2.05) is 18.2 Å². The lowest BCUT2D eigenvalue weighted by molar-refractivity contribution is 0.177. The second-order valence-corrected chi connectivity index (χ2v) is 9.16. The number of nitrogen functional groups attached to an aromatic ring is 1. The number of hydrogen-bond acceptors (Lipinski definition) is 9. The Kier molecular flexibility index (Phi) is 4.90. The van der Waals surface area contributed by atoms with Gasteiger partial charge in [-0.3, -0.25) is 4.90 Å². The van der Waals surface area contributed by atoms with Crippen molar-refractivity contribution in [1.82, 2.24) is 29.5 Å². The monoisotopic (exact) mass is 438 g/mol. The molecule has 0 unspecified atom stereocenters. The maximum atomic E-state index is 6.19. The zero-order valence-electron chi connectivity index (χ0n) is 18.2. The van der Waals surface area contributed by atoms with Gasteiger partial charge in [0, 0.05) is 31.1 Å². The van der Waals surface area contributed by atoms with Gasteiger partial charge in [-0.15, -0.1) is 16.4 Å². The number of fused-ring (bicyclic) bond motifs is 3. The second kappa shape index (κ2) is 7.61. The maximum absolute atomic E-state index is 6.19. The Labute approximate surface area is 184 Å². The van der Waals surface area contributed by atoms with Gasteiger partial charge in [-0.25, -0.2) is 15.0 Å². The number of ether oxygens (including phenoxy) is 1. The Morgan fingerprint density at radius 3 is 2.74 bits per heavy atom. The highest BCUT2D eigenvalue weighted by molar-refractivity contribution is 7.15. The summed E-state index contributed by atoms with van der Waals surface area (Å²) in [7, 11) is 1.63. The molecule has 1 aromatic carbocycles. The molecule has 2 N–H and O–H groups in total. The molecule has 162 valence electrons. The molecule has 0 radical (unpaired) electrons. The van der Waals surface area contributed by atoms with Crippen LogP contribution in [0.3, 0.4) is 0 Å². The number of methoxy groups -OCH3 is 1. The fraction of sp³-hybridized carbons (Fsp3) is 0.429. The fourth-order valence-corrected chi connectivity index (χ4v) is 5.26. The lowest BCUT2D eigenvalue weighted by atomic mass is 10.2. The molecule has 1 saturated heterocycles. The van der Waals surface area contributed by atoms with Crippen molar-refractivity contribution >= 4 is 38.8 Å². The summed E-state index contributed by atoms with van der Waals surface area (Å²) in [5.74, 6) is 1.73. The molecule has 3 aromatic heterocycles. The van der Waals surface area contributed by atoms with Crippen LogP contribution >= 0.6 is 11.3 Å². The van der Waals surface area contributed by atoms with Gasteiger partial charge in [0.25, 0.3) is 0 Å². The fourth-order valence-electron chi connectivity index (χ4n) is 4.31. The molecule has 0 saturated carbocycles. The highest BCUT2D eigenvalue weighted by Gasteiger charge is 2.27. The third-order valence-electron chi connectivity index (χ3n) is 5.83. The SMILES string of the molecule is COc1cccc2c1nc(N)n1nc(CN3CCN(c4sc(C)nc4C)C[C@H]3C)nc21. The van der Waals surface area contributed by atoms with Gasteiger partial charge in [0.15, 0.2) is 11.5 Å². The van der Waals surface area contributed by atoms with Crippen LogP contribution in [0.25, 0.3) is 16.6 Å². The number of nitrogens with zero attached hydrogens (tertiary/aromatic N) is 7. The molecule has 0 aliphatic carbocycles. The zero-order chi connectivity index (χ0) is 21.7.